The number of alkyl carbamates (subject to hydrolysis) is 1. The molecule has 0 spiro atoms. The van der Waals surface area contributed by atoms with Gasteiger partial charge in [-0.2, -0.15) is 0 Å². The van der Waals surface area contributed by atoms with Crippen molar-refractivity contribution in [1.29, 1.82) is 0 Å². The number of aryl methyl sites for hydroxylation is 1. The molecule has 46 heavy (non-hydrogen) atoms. The maximum absolute atomic E-state index is 13.5. The molecular formula is C36H46N4O6. The molecule has 3 aromatic rings. The average Bonchev–Trinajstić information content (AvgIpc) is 3.76. The van der Waals surface area contributed by atoms with Gasteiger partial charge in [0.15, 0.2) is 5.43 Å². The van der Waals surface area contributed by atoms with E-state index < -0.39 is 24.1 Å². The van der Waals surface area contributed by atoms with Crippen LogP contribution in [0.5, 0.6) is 5.75 Å². The number of benzene rings is 2. The summed E-state index contributed by atoms with van der Waals surface area (Å²) in [6.45, 7) is 4.71. The van der Waals surface area contributed by atoms with Crippen LogP contribution in [0.1, 0.15) is 70.8 Å². The molecule has 1 aliphatic heterocycles. The molecule has 0 bridgehead atoms. The highest BCUT2D eigenvalue weighted by molar-refractivity contribution is 5.91. The summed E-state index contributed by atoms with van der Waals surface area (Å²) >= 11 is 0. The standard InChI is InChI=1S/C36H46N4O6/c1-36(2,22-46-35(44)39-32(24-13-7-8-14-24)34(43)40-18-10-16-29(40)33(37)42)17-9-15-25-19-26-28(21-31(25)45-3)38-27(20-30(26)41)23-11-5-4-6-12-23/h4-6,11-12,19-21,24,29,32H,7-10,13-18,22H2,1-3H3,(H2,37,42)(H,38,41)(H,39,44)/t29-,32-/m0/s1. The minimum absolute atomic E-state index is 0.0104. The quantitative estimate of drug-likeness (QED) is 0.247. The van der Waals surface area contributed by atoms with Crippen LogP contribution in [0.3, 0.4) is 0 Å². The number of fused-ring (bicyclic) bond motifs is 1. The predicted octanol–water partition coefficient (Wildman–Crippen LogP) is 5.31. The van der Waals surface area contributed by atoms with Crippen LogP contribution in [0.25, 0.3) is 22.2 Å². The highest BCUT2D eigenvalue weighted by atomic mass is 16.5. The Morgan fingerprint density at radius 2 is 1.80 bits per heavy atom. The molecule has 2 aromatic carbocycles. The van der Waals surface area contributed by atoms with Crippen LogP contribution in [0.4, 0.5) is 4.79 Å². The molecule has 4 N–H and O–H groups in total. The number of nitrogens with one attached hydrogen (secondary N) is 2. The lowest BCUT2D eigenvalue weighted by atomic mass is 9.87. The Bertz CT molecular complexity index is 1610. The average molecular weight is 631 g/mol. The molecule has 10 nitrogen and oxygen atoms in total. The van der Waals surface area contributed by atoms with E-state index in [1.165, 1.54) is 4.90 Å². The fourth-order valence-corrected chi connectivity index (χ4v) is 6.92. The van der Waals surface area contributed by atoms with Gasteiger partial charge >= 0.3 is 6.09 Å². The van der Waals surface area contributed by atoms with Gasteiger partial charge in [0, 0.05) is 29.8 Å². The van der Waals surface area contributed by atoms with Gasteiger partial charge in [-0.05, 0) is 73.5 Å². The van der Waals surface area contributed by atoms with E-state index in [0.29, 0.717) is 36.9 Å². The first-order valence-corrected chi connectivity index (χ1v) is 16.4. The van der Waals surface area contributed by atoms with Crippen LogP contribution >= 0.6 is 0 Å². The van der Waals surface area contributed by atoms with Crippen LogP contribution in [0.15, 0.2) is 53.3 Å². The molecule has 1 saturated heterocycles. The number of nitrogens with zero attached hydrogens (tertiary/aromatic N) is 1. The lowest BCUT2D eigenvalue weighted by Crippen LogP contribution is -2.55. The fourth-order valence-electron chi connectivity index (χ4n) is 6.92. The van der Waals surface area contributed by atoms with Gasteiger partial charge in [-0.15, -0.1) is 0 Å². The maximum atomic E-state index is 13.5. The van der Waals surface area contributed by atoms with E-state index >= 15 is 0 Å². The van der Waals surface area contributed by atoms with Crippen molar-refractivity contribution in [1.82, 2.24) is 15.2 Å². The van der Waals surface area contributed by atoms with Gasteiger partial charge < -0.3 is 30.4 Å². The number of hydrogen-bond donors (Lipinski definition) is 3. The number of H-pyrrole nitrogens is 1. The first-order valence-electron chi connectivity index (χ1n) is 16.4. The number of aromatic nitrogens is 1. The summed E-state index contributed by atoms with van der Waals surface area (Å²) in [6.07, 6.45) is 6.55. The normalized spacial score (nSPS) is 17.6. The van der Waals surface area contributed by atoms with Crippen molar-refractivity contribution in [3.05, 3.63) is 64.3 Å². The topological polar surface area (TPSA) is 144 Å². The van der Waals surface area contributed by atoms with Gasteiger partial charge in [0.05, 0.1) is 19.2 Å². The van der Waals surface area contributed by atoms with E-state index in [9.17, 15) is 19.2 Å². The van der Waals surface area contributed by atoms with Gasteiger partial charge in [-0.3, -0.25) is 14.4 Å². The second-order valence-electron chi connectivity index (χ2n) is 13.5. The lowest BCUT2D eigenvalue weighted by molar-refractivity contribution is -0.140. The first-order chi connectivity index (χ1) is 22.1. The number of nitrogens with two attached hydrogens (primary N) is 1. The Hall–Kier alpha value is -4.34. The van der Waals surface area contributed by atoms with Gasteiger partial charge in [0.25, 0.3) is 0 Å². The summed E-state index contributed by atoms with van der Waals surface area (Å²) in [5.74, 6) is -0.0354. The van der Waals surface area contributed by atoms with E-state index in [-0.39, 0.29) is 29.3 Å². The van der Waals surface area contributed by atoms with Crippen molar-refractivity contribution in [3.63, 3.8) is 0 Å². The van der Waals surface area contributed by atoms with Crippen LogP contribution in [-0.2, 0) is 20.7 Å². The molecule has 2 atom stereocenters. The highest BCUT2D eigenvalue weighted by Gasteiger charge is 2.40. The van der Waals surface area contributed by atoms with Crippen LogP contribution in [0.2, 0.25) is 0 Å². The molecule has 3 amide bonds. The Labute approximate surface area is 270 Å². The first kappa shape index (κ1) is 33.0. The number of carbonyl (C=O) groups excluding carboxylic acids is 3. The van der Waals surface area contributed by atoms with Crippen LogP contribution in [-0.4, -0.2) is 60.1 Å². The van der Waals surface area contributed by atoms with E-state index in [1.54, 1.807) is 13.2 Å². The molecule has 0 radical (unpaired) electrons. The number of likely N-dealkylation sites (tertiary alicyclic amines) is 1. The Morgan fingerprint density at radius 1 is 1.07 bits per heavy atom. The number of pyridine rings is 1. The number of hydrogen-bond acceptors (Lipinski definition) is 6. The third kappa shape index (κ3) is 7.71. The van der Waals surface area contributed by atoms with Gasteiger partial charge in [-0.25, -0.2) is 4.79 Å². The van der Waals surface area contributed by atoms with Crippen molar-refractivity contribution >= 4 is 28.8 Å². The molecule has 2 heterocycles. The summed E-state index contributed by atoms with van der Waals surface area (Å²) in [4.78, 5) is 56.4. The lowest BCUT2D eigenvalue weighted by Gasteiger charge is -2.31. The largest absolute Gasteiger partial charge is 0.496 e. The Balaban J connectivity index is 1.18. The minimum atomic E-state index is -0.731. The van der Waals surface area contributed by atoms with Gasteiger partial charge in [-0.1, -0.05) is 57.0 Å². The number of aromatic amines is 1. The summed E-state index contributed by atoms with van der Waals surface area (Å²) in [5, 5.41) is 3.46. The van der Waals surface area contributed by atoms with E-state index in [4.69, 9.17) is 15.2 Å². The molecule has 2 fully saturated rings. The SMILES string of the molecule is COc1cc2[nH]c(-c3ccccc3)cc(=O)c2cc1CCCC(C)(C)COC(=O)N[C@H](C(=O)N1CCC[C@H]1C(N)=O)C1CCCC1. The number of methoxy groups -OCH3 is 1. The number of amides is 3. The summed E-state index contributed by atoms with van der Waals surface area (Å²) in [5.41, 5.74) is 8.52. The molecule has 10 heteroatoms. The Kier molecular flexibility index (Phi) is 10.3. The number of carbonyl (C=O) groups is 3. The number of primary amides is 1. The number of ether oxygens (including phenoxy) is 2. The zero-order chi connectivity index (χ0) is 32.8. The van der Waals surface area contributed by atoms with Crippen molar-refractivity contribution in [2.75, 3.05) is 20.3 Å². The summed E-state index contributed by atoms with van der Waals surface area (Å²) < 4.78 is 11.4. The van der Waals surface area contributed by atoms with Crippen molar-refractivity contribution < 1.29 is 23.9 Å². The molecule has 5 rings (SSSR count). The smallest absolute Gasteiger partial charge is 0.407 e. The van der Waals surface area contributed by atoms with Gasteiger partial charge in [0.2, 0.25) is 11.8 Å². The fraction of sp³-hybridized carbons (Fsp3) is 0.500. The zero-order valence-corrected chi connectivity index (χ0v) is 27.1. The molecule has 1 aliphatic carbocycles. The molecule has 1 saturated carbocycles. The van der Waals surface area contributed by atoms with Crippen molar-refractivity contribution in [3.8, 4) is 17.0 Å². The zero-order valence-electron chi connectivity index (χ0n) is 27.1. The monoisotopic (exact) mass is 630 g/mol. The Morgan fingerprint density at radius 3 is 2.50 bits per heavy atom. The minimum Gasteiger partial charge on any atom is -0.496 e. The van der Waals surface area contributed by atoms with E-state index in [2.05, 4.69) is 10.3 Å². The molecular weight excluding hydrogens is 584 g/mol. The number of rotatable bonds is 12. The second-order valence-corrected chi connectivity index (χ2v) is 13.5. The molecule has 0 unspecified atom stereocenters. The third-order valence-corrected chi connectivity index (χ3v) is 9.48. The summed E-state index contributed by atoms with van der Waals surface area (Å²) in [7, 11) is 1.63. The van der Waals surface area contributed by atoms with E-state index in [0.717, 1.165) is 60.9 Å². The highest BCUT2D eigenvalue weighted by Crippen LogP contribution is 2.32. The van der Waals surface area contributed by atoms with Crippen molar-refractivity contribution in [2.24, 2.45) is 17.1 Å². The predicted molar refractivity (Wildman–Crippen MR) is 177 cm³/mol. The maximum Gasteiger partial charge on any atom is 0.407 e. The van der Waals surface area contributed by atoms with Crippen LogP contribution < -0.4 is 21.2 Å². The second kappa shape index (κ2) is 14.4. The molecule has 246 valence electrons. The van der Waals surface area contributed by atoms with E-state index in [1.807, 2.05) is 56.3 Å². The van der Waals surface area contributed by atoms with Crippen LogP contribution in [0, 0.1) is 11.3 Å². The summed E-state index contributed by atoms with van der Waals surface area (Å²) in [6, 6.07) is 13.8. The molecule has 2 aliphatic rings. The molecule has 1 aromatic heterocycles. The van der Waals surface area contributed by atoms with Gasteiger partial charge in [0.1, 0.15) is 17.8 Å². The van der Waals surface area contributed by atoms with Crippen molar-refractivity contribution in [2.45, 2.75) is 83.7 Å². The third-order valence-electron chi connectivity index (χ3n) is 9.48.